The second-order valence-corrected chi connectivity index (χ2v) is 14.4. The lowest BCUT2D eigenvalue weighted by atomic mass is 10.2. The van der Waals surface area contributed by atoms with Crippen LogP contribution in [0.5, 0.6) is 11.5 Å². The number of hydrogen-bond acceptors (Lipinski definition) is 4. The predicted octanol–water partition coefficient (Wildman–Crippen LogP) is 5.80. The van der Waals surface area contributed by atoms with E-state index in [-0.39, 0.29) is 6.61 Å². The molecule has 0 spiro atoms. The van der Waals surface area contributed by atoms with Crippen molar-refractivity contribution in [2.75, 3.05) is 6.61 Å². The van der Waals surface area contributed by atoms with Gasteiger partial charge in [-0.3, -0.25) is 0 Å². The molecule has 166 valence electrons. The van der Waals surface area contributed by atoms with Crippen molar-refractivity contribution in [3.05, 3.63) is 77.6 Å². The summed E-state index contributed by atoms with van der Waals surface area (Å²) in [6, 6.07) is 15.3. The Balaban J connectivity index is 1.53. The van der Waals surface area contributed by atoms with Crippen molar-refractivity contribution in [2.24, 2.45) is 0 Å². The van der Waals surface area contributed by atoms with Crippen molar-refractivity contribution in [3.8, 4) is 11.5 Å². The molecule has 0 aliphatic carbocycles. The SMILES string of the molecule is Cc1nc(COc2cc(F)cc(OCc3ccccc3)c2)cn1COCC[Si](C)(C)C. The van der Waals surface area contributed by atoms with E-state index in [1.807, 2.05) is 48.0 Å². The van der Waals surface area contributed by atoms with Crippen LogP contribution in [0.3, 0.4) is 0 Å². The van der Waals surface area contributed by atoms with E-state index in [0.29, 0.717) is 24.8 Å². The average molecular weight is 443 g/mol. The number of nitrogens with zero attached hydrogens (tertiary/aromatic N) is 2. The Hall–Kier alpha value is -2.64. The van der Waals surface area contributed by atoms with Crippen LogP contribution in [-0.4, -0.2) is 24.2 Å². The van der Waals surface area contributed by atoms with E-state index in [4.69, 9.17) is 14.2 Å². The minimum atomic E-state index is -1.10. The van der Waals surface area contributed by atoms with Gasteiger partial charge in [-0.2, -0.15) is 0 Å². The summed E-state index contributed by atoms with van der Waals surface area (Å²) >= 11 is 0. The van der Waals surface area contributed by atoms with Crippen LogP contribution in [0.2, 0.25) is 25.7 Å². The molecule has 3 aromatic rings. The Morgan fingerprint density at radius 3 is 2.32 bits per heavy atom. The van der Waals surface area contributed by atoms with Gasteiger partial charge in [0.2, 0.25) is 0 Å². The zero-order valence-electron chi connectivity index (χ0n) is 18.7. The zero-order chi connectivity index (χ0) is 22.3. The van der Waals surface area contributed by atoms with Gasteiger partial charge in [0.25, 0.3) is 0 Å². The van der Waals surface area contributed by atoms with Gasteiger partial charge in [-0.05, 0) is 18.5 Å². The first-order valence-corrected chi connectivity index (χ1v) is 14.2. The van der Waals surface area contributed by atoms with Crippen LogP contribution < -0.4 is 9.47 Å². The van der Waals surface area contributed by atoms with Crippen molar-refractivity contribution in [1.82, 2.24) is 9.55 Å². The lowest BCUT2D eigenvalue weighted by molar-refractivity contribution is 0.0856. The lowest BCUT2D eigenvalue weighted by Gasteiger charge is -2.15. The molecule has 5 nitrogen and oxygen atoms in total. The topological polar surface area (TPSA) is 45.5 Å². The van der Waals surface area contributed by atoms with E-state index in [9.17, 15) is 4.39 Å². The Morgan fingerprint density at radius 2 is 1.65 bits per heavy atom. The van der Waals surface area contributed by atoms with Crippen LogP contribution in [0, 0.1) is 12.7 Å². The molecule has 2 aromatic carbocycles. The standard InChI is InChI=1S/C24H31FN2O3Si/c1-19-26-22(15-27(19)18-28-10-11-31(2,3)4)17-30-24-13-21(25)12-23(14-24)29-16-20-8-6-5-7-9-20/h5-9,12-15H,10-11,16-18H2,1-4H3. The summed E-state index contributed by atoms with van der Waals surface area (Å²) in [5.74, 6) is 1.29. The fourth-order valence-electron chi connectivity index (χ4n) is 2.92. The first kappa shape index (κ1) is 23.0. The molecule has 0 N–H and O–H groups in total. The number of benzene rings is 2. The van der Waals surface area contributed by atoms with Crippen molar-refractivity contribution in [3.63, 3.8) is 0 Å². The summed E-state index contributed by atoms with van der Waals surface area (Å²) in [7, 11) is -1.10. The minimum absolute atomic E-state index is 0.240. The molecule has 0 radical (unpaired) electrons. The molecule has 3 rings (SSSR count). The van der Waals surface area contributed by atoms with Gasteiger partial charge in [-0.25, -0.2) is 9.37 Å². The Bertz CT molecular complexity index is 971. The molecule has 1 heterocycles. The van der Waals surface area contributed by atoms with Crippen LogP contribution in [0.1, 0.15) is 17.1 Å². The summed E-state index contributed by atoms with van der Waals surface area (Å²) in [6.45, 7) is 10.8. The molecule has 7 heteroatoms. The number of rotatable bonds is 11. The molecule has 0 saturated carbocycles. The molecule has 0 amide bonds. The normalized spacial score (nSPS) is 11.5. The van der Waals surface area contributed by atoms with Crippen LogP contribution in [0.4, 0.5) is 4.39 Å². The minimum Gasteiger partial charge on any atom is -0.489 e. The van der Waals surface area contributed by atoms with Crippen LogP contribution in [-0.2, 0) is 24.7 Å². The summed E-state index contributed by atoms with van der Waals surface area (Å²) < 4.78 is 33.3. The molecule has 0 aliphatic rings. The van der Waals surface area contributed by atoms with Gasteiger partial charge >= 0.3 is 0 Å². The van der Waals surface area contributed by atoms with Crippen molar-refractivity contribution in [1.29, 1.82) is 0 Å². The third-order valence-corrected chi connectivity index (χ3v) is 6.44. The van der Waals surface area contributed by atoms with E-state index in [0.717, 1.165) is 29.7 Å². The van der Waals surface area contributed by atoms with E-state index < -0.39 is 13.9 Å². The smallest absolute Gasteiger partial charge is 0.132 e. The first-order chi connectivity index (χ1) is 14.8. The Morgan fingerprint density at radius 1 is 0.968 bits per heavy atom. The second-order valence-electron chi connectivity index (χ2n) is 8.78. The molecule has 0 bridgehead atoms. The predicted molar refractivity (Wildman–Crippen MR) is 123 cm³/mol. The summed E-state index contributed by atoms with van der Waals surface area (Å²) in [4.78, 5) is 4.52. The quantitative estimate of drug-likeness (QED) is 0.278. The third-order valence-electron chi connectivity index (χ3n) is 4.73. The maximum atomic E-state index is 14.0. The summed E-state index contributed by atoms with van der Waals surface area (Å²) in [5, 5.41) is 0. The maximum absolute atomic E-state index is 14.0. The molecule has 0 unspecified atom stereocenters. The van der Waals surface area contributed by atoms with Crippen LogP contribution in [0.15, 0.2) is 54.7 Å². The Labute approximate surface area is 184 Å². The molecule has 1 aromatic heterocycles. The number of hydrogen-bond donors (Lipinski definition) is 0. The van der Waals surface area contributed by atoms with E-state index in [1.165, 1.54) is 12.1 Å². The van der Waals surface area contributed by atoms with Crippen molar-refractivity contribution >= 4 is 8.07 Å². The van der Waals surface area contributed by atoms with Crippen molar-refractivity contribution < 1.29 is 18.6 Å². The number of aryl methyl sites for hydroxylation is 1. The van der Waals surface area contributed by atoms with Gasteiger partial charge in [0.15, 0.2) is 0 Å². The van der Waals surface area contributed by atoms with Crippen molar-refractivity contribution in [2.45, 2.75) is 52.6 Å². The van der Waals surface area contributed by atoms with E-state index in [1.54, 1.807) is 6.07 Å². The molecule has 0 fully saturated rings. The Kier molecular flexibility index (Phi) is 7.87. The summed E-state index contributed by atoms with van der Waals surface area (Å²) in [5.41, 5.74) is 1.78. The average Bonchev–Trinajstić information content (AvgIpc) is 3.07. The molecule has 0 atom stereocenters. The molecule has 31 heavy (non-hydrogen) atoms. The number of aromatic nitrogens is 2. The van der Waals surface area contributed by atoms with Crippen LogP contribution >= 0.6 is 0 Å². The second kappa shape index (κ2) is 10.6. The fraction of sp³-hybridized carbons (Fsp3) is 0.375. The van der Waals surface area contributed by atoms with Gasteiger partial charge in [-0.15, -0.1) is 0 Å². The number of imidazole rings is 1. The van der Waals surface area contributed by atoms with Crippen LogP contribution in [0.25, 0.3) is 0 Å². The third kappa shape index (κ3) is 7.84. The van der Waals surface area contributed by atoms with Gasteiger partial charge < -0.3 is 18.8 Å². The van der Waals surface area contributed by atoms with Gasteiger partial charge in [0.05, 0.1) is 5.69 Å². The molecule has 0 saturated heterocycles. The number of halogens is 1. The van der Waals surface area contributed by atoms with Gasteiger partial charge in [0, 0.05) is 39.1 Å². The highest BCUT2D eigenvalue weighted by molar-refractivity contribution is 6.76. The lowest BCUT2D eigenvalue weighted by Crippen LogP contribution is -2.22. The van der Waals surface area contributed by atoms with Gasteiger partial charge in [0.1, 0.15) is 43.1 Å². The number of ether oxygens (including phenoxy) is 3. The largest absolute Gasteiger partial charge is 0.489 e. The summed E-state index contributed by atoms with van der Waals surface area (Å²) in [6.07, 6.45) is 1.91. The van der Waals surface area contributed by atoms with E-state index in [2.05, 4.69) is 24.6 Å². The fourth-order valence-corrected chi connectivity index (χ4v) is 3.67. The highest BCUT2D eigenvalue weighted by Gasteiger charge is 2.12. The zero-order valence-corrected chi connectivity index (χ0v) is 19.7. The highest BCUT2D eigenvalue weighted by Crippen LogP contribution is 2.24. The maximum Gasteiger partial charge on any atom is 0.132 e. The molecular weight excluding hydrogens is 411 g/mol. The molecule has 0 aliphatic heterocycles. The van der Waals surface area contributed by atoms with Gasteiger partial charge in [-0.1, -0.05) is 50.0 Å². The first-order valence-electron chi connectivity index (χ1n) is 10.5. The molecular formula is C24H31FN2O3Si. The monoisotopic (exact) mass is 442 g/mol. The van der Waals surface area contributed by atoms with E-state index >= 15 is 0 Å². The highest BCUT2D eigenvalue weighted by atomic mass is 28.3.